The maximum atomic E-state index is 13.1. The molecule has 0 radical (unpaired) electrons. The smallest absolute Gasteiger partial charge is 0.409 e. The second-order valence-electron chi connectivity index (χ2n) is 7.99. The molecule has 28 heavy (non-hydrogen) atoms. The van der Waals surface area contributed by atoms with Crippen LogP contribution in [0.3, 0.4) is 0 Å². The number of pyridine rings is 1. The molecule has 2 amide bonds. The monoisotopic (exact) mass is 385 g/mol. The molecule has 0 aromatic carbocycles. The Kier molecular flexibility index (Phi) is 4.95. The summed E-state index contributed by atoms with van der Waals surface area (Å²) in [6.07, 6.45) is 5.12. The van der Waals surface area contributed by atoms with Crippen LogP contribution in [-0.4, -0.2) is 57.9 Å². The van der Waals surface area contributed by atoms with E-state index in [9.17, 15) is 9.59 Å². The van der Waals surface area contributed by atoms with Gasteiger partial charge >= 0.3 is 6.09 Å². The van der Waals surface area contributed by atoms with Gasteiger partial charge in [-0.25, -0.2) is 14.5 Å². The molecule has 2 aliphatic rings. The van der Waals surface area contributed by atoms with Crippen molar-refractivity contribution in [2.24, 2.45) is 0 Å². The number of likely N-dealkylation sites (tertiary alicyclic amines) is 1. The van der Waals surface area contributed by atoms with Gasteiger partial charge in [-0.3, -0.25) is 4.79 Å². The van der Waals surface area contributed by atoms with Gasteiger partial charge in [0, 0.05) is 36.8 Å². The fourth-order valence-electron chi connectivity index (χ4n) is 3.79. The van der Waals surface area contributed by atoms with E-state index in [4.69, 9.17) is 9.72 Å². The third-order valence-electron chi connectivity index (χ3n) is 5.58. The number of carbonyl (C=O) groups is 2. The minimum atomic E-state index is -0.309. The highest BCUT2D eigenvalue weighted by atomic mass is 16.5. The van der Waals surface area contributed by atoms with Crippen molar-refractivity contribution in [3.8, 4) is 0 Å². The fraction of sp³-hybridized carbons (Fsp3) is 0.600. The Bertz CT molecular complexity index is 895. The number of aromatic nitrogens is 3. The van der Waals surface area contributed by atoms with Gasteiger partial charge in [-0.2, -0.15) is 5.10 Å². The molecule has 0 unspecified atom stereocenters. The number of methoxy groups -OCH3 is 1. The number of rotatable bonds is 4. The number of hydrogen-bond donors (Lipinski definition) is 1. The normalized spacial score (nSPS) is 17.9. The van der Waals surface area contributed by atoms with Gasteiger partial charge in [0.2, 0.25) is 0 Å². The number of nitrogens with zero attached hydrogens (tertiary/aromatic N) is 4. The van der Waals surface area contributed by atoms with Gasteiger partial charge in [0.15, 0.2) is 5.65 Å². The molecule has 2 fully saturated rings. The maximum Gasteiger partial charge on any atom is 0.409 e. The standard InChI is InChI=1S/C20H27N5O3/c1-12(2)25-18-16(11-21-25)15(10-17(23-18)13-4-5-13)19(26)22-14-6-8-24(9-7-14)20(27)28-3/h10-14H,4-9H2,1-3H3,(H,22,26). The SMILES string of the molecule is COC(=O)N1CCC(NC(=O)c2cc(C3CC3)nc3c2cnn3C(C)C)CC1. The Labute approximate surface area is 164 Å². The molecule has 8 nitrogen and oxygen atoms in total. The lowest BCUT2D eigenvalue weighted by atomic mass is 10.0. The quantitative estimate of drug-likeness (QED) is 0.874. The number of fused-ring (bicyclic) bond motifs is 1. The first-order chi connectivity index (χ1) is 13.5. The predicted molar refractivity (Wildman–Crippen MR) is 104 cm³/mol. The Morgan fingerprint density at radius 3 is 2.54 bits per heavy atom. The summed E-state index contributed by atoms with van der Waals surface area (Å²) >= 11 is 0. The number of nitrogens with one attached hydrogen (secondary N) is 1. The van der Waals surface area contributed by atoms with Gasteiger partial charge in [0.05, 0.1) is 24.3 Å². The molecular formula is C20H27N5O3. The maximum absolute atomic E-state index is 13.1. The minimum Gasteiger partial charge on any atom is -0.453 e. The Hall–Kier alpha value is -2.64. The second kappa shape index (κ2) is 7.41. The van der Waals surface area contributed by atoms with E-state index in [2.05, 4.69) is 24.3 Å². The molecule has 1 N–H and O–H groups in total. The van der Waals surface area contributed by atoms with E-state index >= 15 is 0 Å². The predicted octanol–water partition coefficient (Wildman–Crippen LogP) is 2.85. The van der Waals surface area contributed by atoms with Gasteiger partial charge in [0.25, 0.3) is 5.91 Å². The lowest BCUT2D eigenvalue weighted by Crippen LogP contribution is -2.46. The molecule has 4 rings (SSSR count). The van der Waals surface area contributed by atoms with Crippen LogP contribution in [0.4, 0.5) is 4.79 Å². The summed E-state index contributed by atoms with van der Waals surface area (Å²) < 4.78 is 6.65. The van der Waals surface area contributed by atoms with E-state index in [1.807, 2.05) is 10.7 Å². The highest BCUT2D eigenvalue weighted by Gasteiger charge is 2.29. The van der Waals surface area contributed by atoms with E-state index in [0.717, 1.165) is 42.4 Å². The Balaban J connectivity index is 1.55. The molecule has 1 aliphatic carbocycles. The van der Waals surface area contributed by atoms with Crippen LogP contribution in [0.1, 0.15) is 67.5 Å². The minimum absolute atomic E-state index is 0.0427. The number of piperidine rings is 1. The van der Waals surface area contributed by atoms with Crippen LogP contribution >= 0.6 is 0 Å². The highest BCUT2D eigenvalue weighted by molar-refractivity contribution is 6.05. The van der Waals surface area contributed by atoms with Crippen LogP contribution in [0.5, 0.6) is 0 Å². The third-order valence-corrected chi connectivity index (χ3v) is 5.58. The van der Waals surface area contributed by atoms with Crippen LogP contribution in [0.15, 0.2) is 12.3 Å². The summed E-state index contributed by atoms with van der Waals surface area (Å²) in [7, 11) is 1.39. The van der Waals surface area contributed by atoms with Crippen LogP contribution in [-0.2, 0) is 4.74 Å². The van der Waals surface area contributed by atoms with Crippen molar-refractivity contribution in [1.82, 2.24) is 25.0 Å². The molecule has 0 atom stereocenters. The zero-order chi connectivity index (χ0) is 19.8. The molecule has 1 saturated heterocycles. The molecule has 1 saturated carbocycles. The molecular weight excluding hydrogens is 358 g/mol. The topological polar surface area (TPSA) is 89.3 Å². The van der Waals surface area contributed by atoms with Crippen LogP contribution in [0.2, 0.25) is 0 Å². The summed E-state index contributed by atoms with van der Waals surface area (Å²) in [6.45, 7) is 5.30. The van der Waals surface area contributed by atoms with E-state index in [1.54, 1.807) is 11.1 Å². The third kappa shape index (κ3) is 3.55. The summed E-state index contributed by atoms with van der Waals surface area (Å²) in [6, 6.07) is 2.16. The van der Waals surface area contributed by atoms with Crippen molar-refractivity contribution < 1.29 is 14.3 Å². The van der Waals surface area contributed by atoms with Gasteiger partial charge in [-0.05, 0) is 45.6 Å². The second-order valence-corrected chi connectivity index (χ2v) is 7.99. The summed E-state index contributed by atoms with van der Waals surface area (Å²) in [5, 5.41) is 8.40. The molecule has 1 aliphatic heterocycles. The fourth-order valence-corrected chi connectivity index (χ4v) is 3.79. The van der Waals surface area contributed by atoms with E-state index < -0.39 is 0 Å². The number of hydrogen-bond acceptors (Lipinski definition) is 5. The van der Waals surface area contributed by atoms with Gasteiger partial charge in [-0.15, -0.1) is 0 Å². The number of ether oxygens (including phenoxy) is 1. The van der Waals surface area contributed by atoms with Crippen molar-refractivity contribution >= 4 is 23.0 Å². The van der Waals surface area contributed by atoms with E-state index in [1.165, 1.54) is 7.11 Å². The molecule has 150 valence electrons. The molecule has 3 heterocycles. The largest absolute Gasteiger partial charge is 0.453 e. The van der Waals surface area contributed by atoms with Crippen molar-refractivity contribution in [2.75, 3.05) is 20.2 Å². The average molecular weight is 385 g/mol. The Morgan fingerprint density at radius 2 is 1.93 bits per heavy atom. The molecule has 8 heteroatoms. The zero-order valence-electron chi connectivity index (χ0n) is 16.6. The number of carbonyl (C=O) groups excluding carboxylic acids is 2. The van der Waals surface area contributed by atoms with Crippen LogP contribution in [0, 0.1) is 0 Å². The van der Waals surface area contributed by atoms with Crippen molar-refractivity contribution in [3.63, 3.8) is 0 Å². The van der Waals surface area contributed by atoms with Crippen LogP contribution < -0.4 is 5.32 Å². The van der Waals surface area contributed by atoms with Gasteiger partial charge < -0.3 is 15.0 Å². The van der Waals surface area contributed by atoms with Crippen LogP contribution in [0.25, 0.3) is 11.0 Å². The summed E-state index contributed by atoms with van der Waals surface area (Å²) in [5.41, 5.74) is 2.42. The highest BCUT2D eigenvalue weighted by Crippen LogP contribution is 2.40. The lowest BCUT2D eigenvalue weighted by Gasteiger charge is -2.31. The number of amides is 2. The van der Waals surface area contributed by atoms with Crippen molar-refractivity contribution in [3.05, 3.63) is 23.5 Å². The lowest BCUT2D eigenvalue weighted by molar-refractivity contribution is 0.0893. The zero-order valence-corrected chi connectivity index (χ0v) is 16.6. The van der Waals surface area contributed by atoms with E-state index in [0.29, 0.717) is 24.6 Å². The van der Waals surface area contributed by atoms with Gasteiger partial charge in [-0.1, -0.05) is 0 Å². The van der Waals surface area contributed by atoms with Crippen molar-refractivity contribution in [2.45, 2.75) is 57.5 Å². The Morgan fingerprint density at radius 1 is 1.21 bits per heavy atom. The molecule has 0 bridgehead atoms. The summed E-state index contributed by atoms with van der Waals surface area (Å²) in [4.78, 5) is 31.2. The summed E-state index contributed by atoms with van der Waals surface area (Å²) in [5.74, 6) is 0.365. The first-order valence-corrected chi connectivity index (χ1v) is 9.99. The molecule has 2 aromatic heterocycles. The molecule has 2 aromatic rings. The first-order valence-electron chi connectivity index (χ1n) is 9.99. The first kappa shape index (κ1) is 18.7. The van der Waals surface area contributed by atoms with Gasteiger partial charge in [0.1, 0.15) is 0 Å². The average Bonchev–Trinajstić information content (AvgIpc) is 3.45. The van der Waals surface area contributed by atoms with Crippen molar-refractivity contribution in [1.29, 1.82) is 0 Å². The van der Waals surface area contributed by atoms with E-state index in [-0.39, 0.29) is 24.1 Å². The molecule has 0 spiro atoms.